The molecule has 1 aromatic heterocycles. The SMILES string of the molecule is COC(=O)c1c(-c2ccc(OC)cc2)c2c(c3c4cc(OC)ccc4n(S(=O)(=O)c4ccc(C)cc4)c13)C(=O)N(C)C2. The summed E-state index contributed by atoms with van der Waals surface area (Å²) in [5.74, 6) is 0.0645. The second-order valence-corrected chi connectivity index (χ2v) is 12.0. The van der Waals surface area contributed by atoms with Crippen molar-refractivity contribution in [3.8, 4) is 22.6 Å². The number of aryl methyl sites for hydroxylation is 1. The van der Waals surface area contributed by atoms with Gasteiger partial charge in [-0.2, -0.15) is 0 Å². The summed E-state index contributed by atoms with van der Waals surface area (Å²) in [5, 5.41) is 0.813. The average molecular weight is 585 g/mol. The Kier molecular flexibility index (Phi) is 6.46. The number of rotatable bonds is 6. The molecule has 0 aliphatic carbocycles. The van der Waals surface area contributed by atoms with Gasteiger partial charge < -0.3 is 19.1 Å². The molecule has 214 valence electrons. The van der Waals surface area contributed by atoms with Gasteiger partial charge in [0.05, 0.1) is 48.4 Å². The van der Waals surface area contributed by atoms with Crippen LogP contribution >= 0.6 is 0 Å². The molecular formula is C32H28N2O7S. The van der Waals surface area contributed by atoms with Crippen molar-refractivity contribution in [3.63, 3.8) is 0 Å². The van der Waals surface area contributed by atoms with E-state index in [2.05, 4.69) is 0 Å². The second-order valence-electron chi connectivity index (χ2n) is 10.2. The molecule has 2 heterocycles. The molecule has 1 aliphatic heterocycles. The Hall–Kier alpha value is -4.83. The highest BCUT2D eigenvalue weighted by Gasteiger charge is 2.39. The summed E-state index contributed by atoms with van der Waals surface area (Å²) in [6, 6.07) is 18.5. The molecule has 9 nitrogen and oxygen atoms in total. The number of carbonyl (C=O) groups is 2. The van der Waals surface area contributed by atoms with E-state index in [1.54, 1.807) is 73.7 Å². The molecule has 0 fully saturated rings. The Bertz CT molecular complexity index is 2030. The van der Waals surface area contributed by atoms with Gasteiger partial charge in [-0.15, -0.1) is 0 Å². The first kappa shape index (κ1) is 27.3. The van der Waals surface area contributed by atoms with Crippen molar-refractivity contribution in [3.05, 3.63) is 89.0 Å². The van der Waals surface area contributed by atoms with Crippen LogP contribution in [0.2, 0.25) is 0 Å². The first-order valence-electron chi connectivity index (χ1n) is 13.1. The molecule has 1 amide bonds. The lowest BCUT2D eigenvalue weighted by molar-refractivity contribution is 0.0603. The molecule has 0 radical (unpaired) electrons. The summed E-state index contributed by atoms with van der Waals surface area (Å²) in [7, 11) is 1.70. The maximum Gasteiger partial charge on any atom is 0.340 e. The van der Waals surface area contributed by atoms with Crippen LogP contribution in [0.1, 0.15) is 31.8 Å². The average Bonchev–Trinajstić information content (AvgIpc) is 3.49. The number of nitrogens with zero attached hydrogens (tertiary/aromatic N) is 2. The summed E-state index contributed by atoms with van der Waals surface area (Å²) >= 11 is 0. The van der Waals surface area contributed by atoms with Crippen LogP contribution < -0.4 is 9.47 Å². The number of benzene rings is 4. The number of amides is 1. The summed E-state index contributed by atoms with van der Waals surface area (Å²) in [4.78, 5) is 29.2. The number of hydrogen-bond acceptors (Lipinski definition) is 7. The third kappa shape index (κ3) is 3.93. The van der Waals surface area contributed by atoms with Gasteiger partial charge >= 0.3 is 5.97 Å². The highest BCUT2D eigenvalue weighted by Crippen LogP contribution is 2.47. The fourth-order valence-electron chi connectivity index (χ4n) is 5.73. The monoisotopic (exact) mass is 584 g/mol. The van der Waals surface area contributed by atoms with Crippen LogP contribution in [0.4, 0.5) is 0 Å². The molecule has 0 bridgehead atoms. The first-order chi connectivity index (χ1) is 20.1. The summed E-state index contributed by atoms with van der Waals surface area (Å²) < 4.78 is 46.3. The van der Waals surface area contributed by atoms with Crippen molar-refractivity contribution in [1.82, 2.24) is 8.87 Å². The Labute approximate surface area is 242 Å². The topological polar surface area (TPSA) is 104 Å². The number of esters is 1. The van der Waals surface area contributed by atoms with E-state index in [0.29, 0.717) is 50.0 Å². The number of methoxy groups -OCH3 is 3. The van der Waals surface area contributed by atoms with E-state index in [9.17, 15) is 18.0 Å². The number of hydrogen-bond donors (Lipinski definition) is 0. The minimum Gasteiger partial charge on any atom is -0.497 e. The standard InChI is InChI=1S/C32H28N2O7S/c1-18-6-13-22(14-7-18)42(37,38)34-25-15-12-21(40-4)16-23(25)27-28-24(17-33(2)31(28)35)26(29(30(27)34)32(36)41-5)19-8-10-20(39-3)11-9-19/h6-16H,17H2,1-5H3. The highest BCUT2D eigenvalue weighted by atomic mass is 32.2. The summed E-state index contributed by atoms with van der Waals surface area (Å²) in [5.41, 5.74) is 3.29. The zero-order valence-corrected chi connectivity index (χ0v) is 24.5. The Morgan fingerprint density at radius 2 is 1.50 bits per heavy atom. The Morgan fingerprint density at radius 3 is 2.12 bits per heavy atom. The third-order valence-electron chi connectivity index (χ3n) is 7.76. The number of aromatic nitrogens is 1. The molecule has 0 saturated carbocycles. The van der Waals surface area contributed by atoms with E-state index < -0.39 is 16.0 Å². The Balaban J connectivity index is 1.90. The highest BCUT2D eigenvalue weighted by molar-refractivity contribution is 7.90. The lowest BCUT2D eigenvalue weighted by atomic mass is 9.88. The van der Waals surface area contributed by atoms with Crippen LogP contribution in [0.15, 0.2) is 71.6 Å². The van der Waals surface area contributed by atoms with E-state index in [1.165, 1.54) is 26.4 Å². The van der Waals surface area contributed by atoms with Crippen LogP contribution in [0.25, 0.3) is 32.9 Å². The fraction of sp³-hybridized carbons (Fsp3) is 0.188. The van der Waals surface area contributed by atoms with E-state index in [-0.39, 0.29) is 28.4 Å². The number of carbonyl (C=O) groups excluding carboxylic acids is 2. The molecular weight excluding hydrogens is 556 g/mol. The predicted molar refractivity (Wildman–Crippen MR) is 159 cm³/mol. The molecule has 1 aliphatic rings. The molecule has 42 heavy (non-hydrogen) atoms. The van der Waals surface area contributed by atoms with Gasteiger partial charge in [0.2, 0.25) is 0 Å². The molecule has 0 atom stereocenters. The molecule has 0 spiro atoms. The van der Waals surface area contributed by atoms with Crippen LogP contribution in [0, 0.1) is 6.92 Å². The predicted octanol–water partition coefficient (Wildman–Crippen LogP) is 5.40. The normalized spacial score (nSPS) is 13.1. The molecule has 10 heteroatoms. The lowest BCUT2D eigenvalue weighted by Gasteiger charge is -2.18. The molecule has 6 rings (SSSR count). The van der Waals surface area contributed by atoms with Gasteiger partial charge in [0.15, 0.2) is 0 Å². The van der Waals surface area contributed by atoms with Crippen molar-refractivity contribution in [2.75, 3.05) is 28.4 Å². The second kappa shape index (κ2) is 9.92. The van der Waals surface area contributed by atoms with Gasteiger partial charge in [-0.25, -0.2) is 17.2 Å². The molecule has 4 aromatic carbocycles. The van der Waals surface area contributed by atoms with Gasteiger partial charge in [0.1, 0.15) is 11.5 Å². The van der Waals surface area contributed by atoms with Gasteiger partial charge in [-0.1, -0.05) is 29.8 Å². The summed E-state index contributed by atoms with van der Waals surface area (Å²) in [6.45, 7) is 2.09. The van der Waals surface area contributed by atoms with Crippen LogP contribution in [-0.2, 0) is 21.3 Å². The lowest BCUT2D eigenvalue weighted by Crippen LogP contribution is -2.18. The number of ether oxygens (including phenoxy) is 3. The molecule has 0 saturated heterocycles. The fourth-order valence-corrected chi connectivity index (χ4v) is 7.26. The number of fused-ring (bicyclic) bond motifs is 5. The first-order valence-corrected chi connectivity index (χ1v) is 14.6. The van der Waals surface area contributed by atoms with Crippen molar-refractivity contribution in [2.24, 2.45) is 0 Å². The van der Waals surface area contributed by atoms with Crippen LogP contribution in [0.3, 0.4) is 0 Å². The molecule has 0 unspecified atom stereocenters. The summed E-state index contributed by atoms with van der Waals surface area (Å²) in [6.07, 6.45) is 0. The molecule has 5 aromatic rings. The van der Waals surface area contributed by atoms with Crippen molar-refractivity contribution < 1.29 is 32.2 Å². The van der Waals surface area contributed by atoms with Gasteiger partial charge in [0.25, 0.3) is 15.9 Å². The van der Waals surface area contributed by atoms with E-state index >= 15 is 0 Å². The van der Waals surface area contributed by atoms with Crippen molar-refractivity contribution in [2.45, 2.75) is 18.4 Å². The van der Waals surface area contributed by atoms with E-state index in [4.69, 9.17) is 14.2 Å². The van der Waals surface area contributed by atoms with Gasteiger partial charge in [-0.05, 0) is 60.5 Å². The van der Waals surface area contributed by atoms with Crippen LogP contribution in [0.5, 0.6) is 11.5 Å². The Morgan fingerprint density at radius 1 is 0.857 bits per heavy atom. The van der Waals surface area contributed by atoms with Gasteiger partial charge in [-0.3, -0.25) is 4.79 Å². The van der Waals surface area contributed by atoms with Gasteiger partial charge in [0, 0.05) is 29.9 Å². The third-order valence-corrected chi connectivity index (χ3v) is 9.48. The minimum absolute atomic E-state index is 0.0356. The smallest absolute Gasteiger partial charge is 0.340 e. The largest absolute Gasteiger partial charge is 0.497 e. The zero-order valence-electron chi connectivity index (χ0n) is 23.7. The quantitative estimate of drug-likeness (QED) is 0.246. The molecule has 0 N–H and O–H groups in total. The van der Waals surface area contributed by atoms with Crippen molar-refractivity contribution >= 4 is 43.7 Å². The van der Waals surface area contributed by atoms with Crippen molar-refractivity contribution in [1.29, 1.82) is 0 Å². The minimum atomic E-state index is -4.28. The van der Waals surface area contributed by atoms with E-state index in [1.807, 2.05) is 6.92 Å². The maximum absolute atomic E-state index is 14.5. The van der Waals surface area contributed by atoms with E-state index in [0.717, 1.165) is 9.54 Å². The zero-order chi connectivity index (χ0) is 29.9. The maximum atomic E-state index is 14.5. The van der Waals surface area contributed by atoms with Crippen LogP contribution in [-0.4, -0.2) is 57.5 Å².